The monoisotopic (exact) mass is 240 g/mol. The van der Waals surface area contributed by atoms with E-state index < -0.39 is 5.41 Å². The fourth-order valence-corrected chi connectivity index (χ4v) is 2.42. The second-order valence-corrected chi connectivity index (χ2v) is 6.09. The largest absolute Gasteiger partial charge is 0.369 e. The molecule has 0 aromatic rings. The van der Waals surface area contributed by atoms with Gasteiger partial charge in [-0.3, -0.25) is 4.79 Å². The zero-order chi connectivity index (χ0) is 12.7. The predicted molar refractivity (Wildman–Crippen MR) is 71.7 cm³/mol. The van der Waals surface area contributed by atoms with E-state index in [1.807, 2.05) is 13.8 Å². The van der Waals surface area contributed by atoms with Crippen LogP contribution < -0.4 is 11.1 Å². The molecule has 0 atom stereocenters. The van der Waals surface area contributed by atoms with Crippen LogP contribution in [-0.4, -0.2) is 19.0 Å². The van der Waals surface area contributed by atoms with Gasteiger partial charge in [-0.1, -0.05) is 32.1 Å². The first kappa shape index (κ1) is 14.5. The van der Waals surface area contributed by atoms with Crippen LogP contribution >= 0.6 is 0 Å². The van der Waals surface area contributed by atoms with E-state index in [9.17, 15) is 4.79 Å². The third-order valence-electron chi connectivity index (χ3n) is 3.89. The smallest absolute Gasteiger partial charge is 0.224 e. The molecule has 0 aliphatic heterocycles. The minimum Gasteiger partial charge on any atom is -0.369 e. The van der Waals surface area contributed by atoms with Gasteiger partial charge in [0.15, 0.2) is 0 Å². The first-order valence-corrected chi connectivity index (χ1v) is 7.03. The van der Waals surface area contributed by atoms with E-state index in [-0.39, 0.29) is 5.91 Å². The van der Waals surface area contributed by atoms with E-state index in [4.69, 9.17) is 5.73 Å². The Morgan fingerprint density at radius 2 is 1.71 bits per heavy atom. The molecule has 0 bridgehead atoms. The van der Waals surface area contributed by atoms with Crippen molar-refractivity contribution in [2.24, 2.45) is 17.1 Å². The fraction of sp³-hybridized carbons (Fsp3) is 0.929. The molecular formula is C14H28N2O. The number of nitrogens with two attached hydrogens (primary N) is 1. The highest BCUT2D eigenvalue weighted by molar-refractivity contribution is 5.80. The second-order valence-electron chi connectivity index (χ2n) is 6.09. The summed E-state index contributed by atoms with van der Waals surface area (Å²) in [4.78, 5) is 11.2. The Hall–Kier alpha value is -0.570. The van der Waals surface area contributed by atoms with Gasteiger partial charge in [-0.15, -0.1) is 0 Å². The van der Waals surface area contributed by atoms with Crippen molar-refractivity contribution in [1.82, 2.24) is 5.32 Å². The Kier molecular flexibility index (Phi) is 5.96. The maximum atomic E-state index is 11.2. The van der Waals surface area contributed by atoms with Gasteiger partial charge in [0.2, 0.25) is 5.91 Å². The van der Waals surface area contributed by atoms with Gasteiger partial charge in [0.05, 0.1) is 5.41 Å². The van der Waals surface area contributed by atoms with Gasteiger partial charge in [-0.2, -0.15) is 0 Å². The molecule has 3 N–H and O–H groups in total. The van der Waals surface area contributed by atoms with Crippen molar-refractivity contribution in [3.63, 3.8) is 0 Å². The summed E-state index contributed by atoms with van der Waals surface area (Å²) < 4.78 is 0. The molecule has 0 aromatic heterocycles. The SMILES string of the molecule is CC(C)(CNCC1CCCCCCC1)C(N)=O. The summed E-state index contributed by atoms with van der Waals surface area (Å²) in [5.41, 5.74) is 4.93. The average molecular weight is 240 g/mol. The van der Waals surface area contributed by atoms with Gasteiger partial charge >= 0.3 is 0 Å². The van der Waals surface area contributed by atoms with E-state index in [0.29, 0.717) is 6.54 Å². The highest BCUT2D eigenvalue weighted by Gasteiger charge is 2.24. The van der Waals surface area contributed by atoms with Crippen LogP contribution in [0.15, 0.2) is 0 Å². The van der Waals surface area contributed by atoms with Crippen molar-refractivity contribution in [1.29, 1.82) is 0 Å². The highest BCUT2D eigenvalue weighted by atomic mass is 16.1. The van der Waals surface area contributed by atoms with Crippen LogP contribution in [0.1, 0.15) is 58.8 Å². The number of hydrogen-bond acceptors (Lipinski definition) is 2. The molecule has 1 saturated carbocycles. The van der Waals surface area contributed by atoms with Crippen molar-refractivity contribution in [3.8, 4) is 0 Å². The summed E-state index contributed by atoms with van der Waals surface area (Å²) in [6, 6.07) is 0. The van der Waals surface area contributed by atoms with E-state index in [1.165, 1.54) is 44.9 Å². The lowest BCUT2D eigenvalue weighted by Crippen LogP contribution is -2.41. The molecule has 0 aromatic carbocycles. The van der Waals surface area contributed by atoms with E-state index in [0.717, 1.165) is 12.5 Å². The van der Waals surface area contributed by atoms with Crippen LogP contribution in [0, 0.1) is 11.3 Å². The molecule has 1 fully saturated rings. The van der Waals surface area contributed by atoms with Gasteiger partial charge < -0.3 is 11.1 Å². The molecular weight excluding hydrogens is 212 g/mol. The van der Waals surface area contributed by atoms with Gasteiger partial charge in [-0.05, 0) is 39.2 Å². The van der Waals surface area contributed by atoms with Gasteiger partial charge in [0, 0.05) is 6.54 Å². The maximum absolute atomic E-state index is 11.2. The number of nitrogens with one attached hydrogen (secondary N) is 1. The molecule has 0 radical (unpaired) electrons. The lowest BCUT2D eigenvalue weighted by atomic mass is 9.89. The molecule has 1 aliphatic carbocycles. The maximum Gasteiger partial charge on any atom is 0.224 e. The normalized spacial score (nSPS) is 19.6. The zero-order valence-electron chi connectivity index (χ0n) is 11.4. The molecule has 3 heteroatoms. The summed E-state index contributed by atoms with van der Waals surface area (Å²) in [6.45, 7) is 5.54. The second kappa shape index (κ2) is 7.00. The third kappa shape index (κ3) is 5.53. The number of hydrogen-bond donors (Lipinski definition) is 2. The quantitative estimate of drug-likeness (QED) is 0.775. The lowest BCUT2D eigenvalue weighted by molar-refractivity contribution is -0.125. The summed E-state index contributed by atoms with van der Waals surface area (Å²) in [7, 11) is 0. The minimum absolute atomic E-state index is 0.220. The molecule has 1 amide bonds. The van der Waals surface area contributed by atoms with Crippen LogP contribution in [0.4, 0.5) is 0 Å². The molecule has 0 spiro atoms. The molecule has 3 nitrogen and oxygen atoms in total. The first-order valence-electron chi connectivity index (χ1n) is 7.03. The molecule has 1 aliphatic rings. The number of carbonyl (C=O) groups is 1. The number of rotatable bonds is 5. The van der Waals surface area contributed by atoms with Crippen molar-refractivity contribution in [2.75, 3.05) is 13.1 Å². The van der Waals surface area contributed by atoms with Gasteiger partial charge in [-0.25, -0.2) is 0 Å². The minimum atomic E-state index is -0.429. The van der Waals surface area contributed by atoms with Gasteiger partial charge in [0.1, 0.15) is 0 Å². The van der Waals surface area contributed by atoms with Crippen molar-refractivity contribution < 1.29 is 4.79 Å². The fourth-order valence-electron chi connectivity index (χ4n) is 2.42. The number of primary amides is 1. The Bertz CT molecular complexity index is 230. The van der Waals surface area contributed by atoms with Crippen LogP contribution in [0.2, 0.25) is 0 Å². The van der Waals surface area contributed by atoms with Crippen LogP contribution in [0.5, 0.6) is 0 Å². The summed E-state index contributed by atoms with van der Waals surface area (Å²) >= 11 is 0. The van der Waals surface area contributed by atoms with E-state index >= 15 is 0 Å². The van der Waals surface area contributed by atoms with Crippen molar-refractivity contribution >= 4 is 5.91 Å². The molecule has 100 valence electrons. The van der Waals surface area contributed by atoms with Crippen molar-refractivity contribution in [2.45, 2.75) is 58.8 Å². The summed E-state index contributed by atoms with van der Waals surface area (Å²) in [5.74, 6) is 0.571. The van der Waals surface area contributed by atoms with Crippen molar-refractivity contribution in [3.05, 3.63) is 0 Å². The number of carbonyl (C=O) groups excluding carboxylic acids is 1. The summed E-state index contributed by atoms with van der Waals surface area (Å²) in [5, 5.41) is 3.42. The Labute approximate surface area is 106 Å². The Morgan fingerprint density at radius 3 is 2.24 bits per heavy atom. The topological polar surface area (TPSA) is 55.1 Å². The molecule has 0 unspecified atom stereocenters. The average Bonchev–Trinajstić information content (AvgIpc) is 2.20. The van der Waals surface area contributed by atoms with E-state index in [1.54, 1.807) is 0 Å². The van der Waals surface area contributed by atoms with E-state index in [2.05, 4.69) is 5.32 Å². The molecule has 1 rings (SSSR count). The van der Waals surface area contributed by atoms with Crippen LogP contribution in [0.3, 0.4) is 0 Å². The Morgan fingerprint density at radius 1 is 1.18 bits per heavy atom. The van der Waals surface area contributed by atoms with Crippen LogP contribution in [0.25, 0.3) is 0 Å². The molecule has 0 saturated heterocycles. The summed E-state index contributed by atoms with van der Waals surface area (Å²) in [6.07, 6.45) is 9.60. The predicted octanol–water partition coefficient (Wildman–Crippen LogP) is 2.45. The van der Waals surface area contributed by atoms with Crippen LogP contribution in [-0.2, 0) is 4.79 Å². The molecule has 0 heterocycles. The van der Waals surface area contributed by atoms with Gasteiger partial charge in [0.25, 0.3) is 0 Å². The standard InChI is InChI=1S/C14H28N2O/c1-14(2,13(15)17)11-16-10-12-8-6-4-3-5-7-9-12/h12,16H,3-11H2,1-2H3,(H2,15,17). The highest BCUT2D eigenvalue weighted by Crippen LogP contribution is 2.22. The number of amides is 1. The third-order valence-corrected chi connectivity index (χ3v) is 3.89. The molecule has 17 heavy (non-hydrogen) atoms. The first-order chi connectivity index (χ1) is 8.02. The zero-order valence-corrected chi connectivity index (χ0v) is 11.4. The Balaban J connectivity index is 2.22. The lowest BCUT2D eigenvalue weighted by Gasteiger charge is -2.24.